The van der Waals surface area contributed by atoms with Crippen molar-refractivity contribution in [3.63, 3.8) is 0 Å². The van der Waals surface area contributed by atoms with E-state index in [2.05, 4.69) is 38.3 Å². The van der Waals surface area contributed by atoms with Crippen LogP contribution in [0.25, 0.3) is 22.3 Å². The second-order valence-electron chi connectivity index (χ2n) is 7.94. The first-order valence-corrected chi connectivity index (χ1v) is 11.4. The molecule has 1 fully saturated rings. The molecular weight excluding hydrogens is 408 g/mol. The summed E-state index contributed by atoms with van der Waals surface area (Å²) >= 11 is 1.55. The summed E-state index contributed by atoms with van der Waals surface area (Å²) in [7, 11) is 2.15. The summed E-state index contributed by atoms with van der Waals surface area (Å²) in [6.45, 7) is 0. The van der Waals surface area contributed by atoms with Gasteiger partial charge in [0.1, 0.15) is 0 Å². The third-order valence-corrected chi connectivity index (χ3v) is 6.66. The summed E-state index contributed by atoms with van der Waals surface area (Å²) in [6.07, 6.45) is 11.1. The van der Waals surface area contributed by atoms with E-state index < -0.39 is 0 Å². The fourth-order valence-corrected chi connectivity index (χ4v) is 4.96. The highest BCUT2D eigenvalue weighted by Crippen LogP contribution is 2.36. The normalized spacial score (nSPS) is 14.6. The summed E-state index contributed by atoms with van der Waals surface area (Å²) < 4.78 is 0. The molecule has 1 aliphatic rings. The van der Waals surface area contributed by atoms with Crippen LogP contribution in [0.5, 0.6) is 0 Å². The molecule has 4 aromatic rings. The van der Waals surface area contributed by atoms with E-state index in [9.17, 15) is 4.79 Å². The summed E-state index contributed by atoms with van der Waals surface area (Å²) in [5, 5.41) is 6.31. The Hall–Kier alpha value is -3.26. The number of aromatic amines is 1. The summed E-state index contributed by atoms with van der Waals surface area (Å²) in [5.41, 5.74) is 5.13. The van der Waals surface area contributed by atoms with Crippen molar-refractivity contribution in [1.82, 2.24) is 19.9 Å². The number of rotatable bonds is 5. The predicted molar refractivity (Wildman–Crippen MR) is 126 cm³/mol. The van der Waals surface area contributed by atoms with Crippen molar-refractivity contribution < 1.29 is 0 Å². The Morgan fingerprint density at radius 1 is 1.19 bits per heavy atom. The molecule has 0 bridgehead atoms. The van der Waals surface area contributed by atoms with Crippen molar-refractivity contribution in [3.8, 4) is 11.3 Å². The molecule has 31 heavy (non-hydrogen) atoms. The molecule has 2 N–H and O–H groups in total. The van der Waals surface area contributed by atoms with E-state index in [-0.39, 0.29) is 5.56 Å². The zero-order valence-electron chi connectivity index (χ0n) is 17.3. The molecule has 1 aliphatic carbocycles. The molecule has 7 nitrogen and oxygen atoms in total. The molecule has 0 amide bonds. The molecular formula is C23H24N6OS. The van der Waals surface area contributed by atoms with Gasteiger partial charge in [-0.3, -0.25) is 9.78 Å². The van der Waals surface area contributed by atoms with Gasteiger partial charge in [0, 0.05) is 36.4 Å². The minimum absolute atomic E-state index is 0.208. The number of benzene rings is 1. The number of nitrogens with one attached hydrogen (secondary N) is 2. The van der Waals surface area contributed by atoms with Crippen LogP contribution < -0.4 is 15.8 Å². The van der Waals surface area contributed by atoms with Crippen LogP contribution in [0.1, 0.15) is 32.1 Å². The van der Waals surface area contributed by atoms with Crippen molar-refractivity contribution in [2.75, 3.05) is 17.3 Å². The average Bonchev–Trinajstić information content (AvgIpc) is 3.28. The Morgan fingerprint density at radius 3 is 2.87 bits per heavy atom. The fourth-order valence-electron chi connectivity index (χ4n) is 4.23. The molecule has 1 aromatic carbocycles. The molecule has 0 atom stereocenters. The lowest BCUT2D eigenvalue weighted by molar-refractivity contribution is 0.428. The lowest BCUT2D eigenvalue weighted by Gasteiger charge is -2.34. The second-order valence-corrected chi connectivity index (χ2v) is 8.80. The van der Waals surface area contributed by atoms with Gasteiger partial charge in [-0.2, -0.15) is 0 Å². The van der Waals surface area contributed by atoms with Gasteiger partial charge in [0.15, 0.2) is 5.13 Å². The van der Waals surface area contributed by atoms with Crippen molar-refractivity contribution in [2.24, 2.45) is 0 Å². The molecule has 1 saturated carbocycles. The Morgan fingerprint density at radius 2 is 2.06 bits per heavy atom. The fraction of sp³-hybridized carbons (Fsp3) is 0.304. The van der Waals surface area contributed by atoms with E-state index in [0.29, 0.717) is 11.6 Å². The van der Waals surface area contributed by atoms with Crippen molar-refractivity contribution >= 4 is 38.9 Å². The first-order chi connectivity index (χ1) is 15.2. The smallest absolute Gasteiger partial charge is 0.266 e. The maximum atomic E-state index is 11.8. The number of hydrogen-bond acceptors (Lipinski definition) is 7. The molecule has 3 aromatic heterocycles. The molecule has 5 rings (SSSR count). The van der Waals surface area contributed by atoms with E-state index in [1.165, 1.54) is 38.3 Å². The van der Waals surface area contributed by atoms with E-state index in [1.807, 2.05) is 29.8 Å². The van der Waals surface area contributed by atoms with Gasteiger partial charge in [0.2, 0.25) is 0 Å². The molecule has 3 heterocycles. The van der Waals surface area contributed by atoms with Crippen LogP contribution in [-0.2, 0) is 0 Å². The largest absolute Gasteiger partial charge is 0.370 e. The minimum Gasteiger partial charge on any atom is -0.370 e. The maximum Gasteiger partial charge on any atom is 0.266 e. The average molecular weight is 433 g/mol. The number of thiazole rings is 1. The summed E-state index contributed by atoms with van der Waals surface area (Å²) in [4.78, 5) is 30.3. The van der Waals surface area contributed by atoms with Gasteiger partial charge in [-0.25, -0.2) is 9.97 Å². The van der Waals surface area contributed by atoms with Gasteiger partial charge in [-0.15, -0.1) is 11.3 Å². The van der Waals surface area contributed by atoms with Crippen LogP contribution in [0.3, 0.4) is 0 Å². The van der Waals surface area contributed by atoms with E-state index in [4.69, 9.17) is 4.98 Å². The highest BCUT2D eigenvalue weighted by atomic mass is 32.1. The molecule has 0 saturated heterocycles. The lowest BCUT2D eigenvalue weighted by Crippen LogP contribution is -2.33. The van der Waals surface area contributed by atoms with Crippen LogP contribution in [0.15, 0.2) is 53.0 Å². The first kappa shape index (κ1) is 19.7. The summed E-state index contributed by atoms with van der Waals surface area (Å²) in [5.74, 6) is 0. The number of pyridine rings is 1. The Kier molecular flexibility index (Phi) is 5.38. The number of anilines is 3. The van der Waals surface area contributed by atoms with Crippen LogP contribution in [0, 0.1) is 0 Å². The van der Waals surface area contributed by atoms with Crippen molar-refractivity contribution in [1.29, 1.82) is 0 Å². The summed E-state index contributed by atoms with van der Waals surface area (Å²) in [6, 6.07) is 8.42. The van der Waals surface area contributed by atoms with E-state index >= 15 is 0 Å². The van der Waals surface area contributed by atoms with Crippen molar-refractivity contribution in [3.05, 3.63) is 58.6 Å². The number of nitrogens with zero attached hydrogens (tertiary/aromatic N) is 4. The molecule has 0 unspecified atom stereocenters. The lowest BCUT2D eigenvalue weighted by atomic mass is 9.94. The Balaban J connectivity index is 1.53. The Bertz CT molecular complexity index is 1250. The Labute approximate surface area is 184 Å². The second kappa shape index (κ2) is 8.47. The molecule has 8 heteroatoms. The van der Waals surface area contributed by atoms with Crippen LogP contribution >= 0.6 is 11.3 Å². The van der Waals surface area contributed by atoms with Gasteiger partial charge >= 0.3 is 0 Å². The van der Waals surface area contributed by atoms with Crippen LogP contribution in [0.4, 0.5) is 16.5 Å². The topological polar surface area (TPSA) is 86.8 Å². The standard InChI is InChI=1S/C23H24N6OS/c1-29(16-7-3-2-4-8-16)21-11-17-18(26-22(30)13-25-17)10-19(21)27-23-28-20(14-31-23)15-6-5-9-24-12-15/h5-6,9-14,16H,2-4,7-8H2,1H3,(H,26,30)(H,27,28). The minimum atomic E-state index is -0.208. The molecule has 0 radical (unpaired) electrons. The van der Waals surface area contributed by atoms with Gasteiger partial charge < -0.3 is 15.2 Å². The van der Waals surface area contributed by atoms with Gasteiger partial charge in [-0.1, -0.05) is 19.3 Å². The quantitative estimate of drug-likeness (QED) is 0.464. The van der Waals surface area contributed by atoms with Crippen LogP contribution in [0.2, 0.25) is 0 Å². The number of aromatic nitrogens is 4. The van der Waals surface area contributed by atoms with E-state index in [1.54, 1.807) is 17.5 Å². The zero-order chi connectivity index (χ0) is 21.2. The molecule has 0 aliphatic heterocycles. The SMILES string of the molecule is CN(c1cc2ncc(=O)[nH]c2cc1Nc1nc(-c2cccnc2)cs1)C1CCCCC1. The van der Waals surface area contributed by atoms with Gasteiger partial charge in [-0.05, 0) is 37.1 Å². The predicted octanol–water partition coefficient (Wildman–Crippen LogP) is 4.95. The molecule has 158 valence electrons. The zero-order valence-corrected chi connectivity index (χ0v) is 18.2. The third-order valence-electron chi connectivity index (χ3n) is 5.90. The van der Waals surface area contributed by atoms with Gasteiger partial charge in [0.25, 0.3) is 5.56 Å². The maximum absolute atomic E-state index is 11.8. The highest BCUT2D eigenvalue weighted by molar-refractivity contribution is 7.14. The monoisotopic (exact) mass is 432 g/mol. The number of fused-ring (bicyclic) bond motifs is 1. The van der Waals surface area contributed by atoms with Crippen LogP contribution in [-0.4, -0.2) is 33.0 Å². The van der Waals surface area contributed by atoms with Gasteiger partial charge in [0.05, 0.1) is 34.3 Å². The number of H-pyrrole nitrogens is 1. The first-order valence-electron chi connectivity index (χ1n) is 10.6. The highest BCUT2D eigenvalue weighted by Gasteiger charge is 2.21. The number of hydrogen-bond donors (Lipinski definition) is 2. The molecule has 0 spiro atoms. The van der Waals surface area contributed by atoms with E-state index in [0.717, 1.165) is 33.3 Å². The van der Waals surface area contributed by atoms with Crippen molar-refractivity contribution in [2.45, 2.75) is 38.1 Å². The third kappa shape index (κ3) is 4.16.